The van der Waals surface area contributed by atoms with Crippen LogP contribution in [-0.2, 0) is 9.53 Å². The minimum Gasteiger partial charge on any atom is -0.450 e. The molecule has 184 valence electrons. The molecular weight excluding hydrogens is 471 g/mol. The third-order valence-corrected chi connectivity index (χ3v) is 6.82. The van der Waals surface area contributed by atoms with Crippen molar-refractivity contribution in [2.75, 3.05) is 25.4 Å². The van der Waals surface area contributed by atoms with Crippen LogP contribution in [0.25, 0.3) is 16.6 Å². The number of likely N-dealkylation sites (tertiary alicyclic amines) is 1. The fourth-order valence-corrected chi connectivity index (χ4v) is 4.80. The van der Waals surface area contributed by atoms with Crippen molar-refractivity contribution in [3.05, 3.63) is 64.2 Å². The quantitative estimate of drug-likeness (QED) is 0.412. The van der Waals surface area contributed by atoms with Crippen molar-refractivity contribution in [1.82, 2.24) is 19.8 Å². The second kappa shape index (κ2) is 10.9. The minimum absolute atomic E-state index is 0.0389. The van der Waals surface area contributed by atoms with Crippen LogP contribution in [0.4, 0.5) is 9.18 Å². The molecule has 35 heavy (non-hydrogen) atoms. The maximum absolute atomic E-state index is 14.3. The molecule has 1 saturated heterocycles. The number of nitrogens with zero attached hydrogens (tertiary/aromatic N) is 3. The van der Waals surface area contributed by atoms with Crippen LogP contribution in [-0.4, -0.2) is 57.9 Å². The number of aromatic nitrogens is 2. The summed E-state index contributed by atoms with van der Waals surface area (Å²) >= 11 is 1.12. The van der Waals surface area contributed by atoms with E-state index in [4.69, 9.17) is 4.74 Å². The molecule has 2 aromatic carbocycles. The van der Waals surface area contributed by atoms with Gasteiger partial charge in [-0.3, -0.25) is 14.2 Å². The van der Waals surface area contributed by atoms with Crippen LogP contribution in [0.15, 0.2) is 52.4 Å². The number of halogens is 1. The molecule has 2 heterocycles. The van der Waals surface area contributed by atoms with E-state index in [9.17, 15) is 18.8 Å². The first-order chi connectivity index (χ1) is 16.9. The van der Waals surface area contributed by atoms with Crippen LogP contribution in [0.5, 0.6) is 0 Å². The SMILES string of the molecule is CCOC(=O)N1CCC(NC(=O)CSc2nc3ccccc3c(=O)n2-c2ccc(C)c(F)c2)CC1. The van der Waals surface area contributed by atoms with E-state index in [-0.39, 0.29) is 29.4 Å². The zero-order valence-corrected chi connectivity index (χ0v) is 20.4. The average Bonchev–Trinajstić information content (AvgIpc) is 2.85. The lowest BCUT2D eigenvalue weighted by Crippen LogP contribution is -2.47. The van der Waals surface area contributed by atoms with E-state index in [0.717, 1.165) is 11.8 Å². The van der Waals surface area contributed by atoms with Crippen molar-refractivity contribution in [3.63, 3.8) is 0 Å². The molecule has 0 bridgehead atoms. The molecule has 1 fully saturated rings. The summed E-state index contributed by atoms with van der Waals surface area (Å²) in [6.07, 6.45) is 0.939. The molecule has 0 radical (unpaired) electrons. The first-order valence-corrected chi connectivity index (χ1v) is 12.5. The summed E-state index contributed by atoms with van der Waals surface area (Å²) < 4.78 is 20.7. The number of ether oxygens (including phenoxy) is 1. The van der Waals surface area contributed by atoms with Crippen LogP contribution in [0, 0.1) is 12.7 Å². The first-order valence-electron chi connectivity index (χ1n) is 11.5. The Hall–Kier alpha value is -3.40. The number of fused-ring (bicyclic) bond motifs is 1. The van der Waals surface area contributed by atoms with Crippen molar-refractivity contribution in [1.29, 1.82) is 0 Å². The fraction of sp³-hybridized carbons (Fsp3) is 0.360. The number of aryl methyl sites for hydroxylation is 1. The zero-order valence-electron chi connectivity index (χ0n) is 19.6. The largest absolute Gasteiger partial charge is 0.450 e. The number of carbonyl (C=O) groups excluding carboxylic acids is 2. The van der Waals surface area contributed by atoms with Gasteiger partial charge in [-0.1, -0.05) is 30.0 Å². The Morgan fingerprint density at radius 1 is 1.20 bits per heavy atom. The number of rotatable bonds is 6. The van der Waals surface area contributed by atoms with E-state index in [2.05, 4.69) is 10.3 Å². The second-order valence-electron chi connectivity index (χ2n) is 8.30. The standard InChI is InChI=1S/C25H27FN4O4S/c1-3-34-25(33)29-12-10-17(11-13-29)27-22(31)15-35-24-28-21-7-5-4-6-19(21)23(32)30(24)18-9-8-16(2)20(26)14-18/h4-9,14,17H,3,10-13,15H2,1-2H3,(H,27,31). The molecule has 0 unspecified atom stereocenters. The Morgan fingerprint density at radius 2 is 1.94 bits per heavy atom. The molecule has 0 saturated carbocycles. The van der Waals surface area contributed by atoms with E-state index in [1.165, 1.54) is 10.6 Å². The molecule has 8 nitrogen and oxygen atoms in total. The topological polar surface area (TPSA) is 93.5 Å². The number of amides is 2. The molecule has 4 rings (SSSR count). The minimum atomic E-state index is -0.426. The van der Waals surface area contributed by atoms with E-state index in [1.807, 2.05) is 0 Å². The summed E-state index contributed by atoms with van der Waals surface area (Å²) in [6, 6.07) is 11.5. The number of carbonyl (C=O) groups is 2. The van der Waals surface area contributed by atoms with Crippen molar-refractivity contribution in [2.24, 2.45) is 0 Å². The predicted octanol–water partition coefficient (Wildman–Crippen LogP) is 3.66. The number of hydrogen-bond acceptors (Lipinski definition) is 6. The van der Waals surface area contributed by atoms with Crippen LogP contribution in [0.1, 0.15) is 25.3 Å². The smallest absolute Gasteiger partial charge is 0.409 e. The maximum atomic E-state index is 14.3. The number of piperidine rings is 1. The van der Waals surface area contributed by atoms with Crippen molar-refractivity contribution >= 4 is 34.7 Å². The molecule has 10 heteroatoms. The average molecular weight is 499 g/mol. The number of thioether (sulfide) groups is 1. The summed E-state index contributed by atoms with van der Waals surface area (Å²) in [5.41, 5.74) is 1.01. The third kappa shape index (κ3) is 5.64. The molecule has 2 amide bonds. The van der Waals surface area contributed by atoms with Crippen molar-refractivity contribution in [2.45, 2.75) is 37.9 Å². The van der Waals surface area contributed by atoms with Gasteiger partial charge in [0.15, 0.2) is 5.16 Å². The molecule has 1 aromatic heterocycles. The molecule has 0 atom stereocenters. The number of hydrogen-bond donors (Lipinski definition) is 1. The van der Waals surface area contributed by atoms with Gasteiger partial charge in [-0.15, -0.1) is 0 Å². The molecule has 0 spiro atoms. The third-order valence-electron chi connectivity index (χ3n) is 5.88. The lowest BCUT2D eigenvalue weighted by Gasteiger charge is -2.31. The Labute approximate surface area is 206 Å². The van der Waals surface area contributed by atoms with Gasteiger partial charge in [0.25, 0.3) is 5.56 Å². The number of benzene rings is 2. The highest BCUT2D eigenvalue weighted by Gasteiger charge is 2.25. The highest BCUT2D eigenvalue weighted by Crippen LogP contribution is 2.23. The summed E-state index contributed by atoms with van der Waals surface area (Å²) in [7, 11) is 0. The Balaban J connectivity index is 1.49. The number of nitrogens with one attached hydrogen (secondary N) is 1. The van der Waals surface area contributed by atoms with Crippen molar-refractivity contribution < 1.29 is 18.7 Å². The van der Waals surface area contributed by atoms with Crippen LogP contribution >= 0.6 is 11.8 Å². The first kappa shape index (κ1) is 24.7. The van der Waals surface area contributed by atoms with Gasteiger partial charge in [0, 0.05) is 19.1 Å². The second-order valence-corrected chi connectivity index (χ2v) is 9.24. The summed E-state index contributed by atoms with van der Waals surface area (Å²) in [5.74, 6) is -0.587. The lowest BCUT2D eigenvalue weighted by atomic mass is 10.1. The van der Waals surface area contributed by atoms with Crippen LogP contribution < -0.4 is 10.9 Å². The van der Waals surface area contributed by atoms with Gasteiger partial charge in [-0.05, 0) is 56.5 Å². The monoisotopic (exact) mass is 498 g/mol. The van der Waals surface area contributed by atoms with E-state index in [1.54, 1.807) is 55.1 Å². The highest BCUT2D eigenvalue weighted by molar-refractivity contribution is 7.99. The Bertz CT molecular complexity index is 1300. The summed E-state index contributed by atoms with van der Waals surface area (Å²) in [5, 5.41) is 3.72. The highest BCUT2D eigenvalue weighted by atomic mass is 32.2. The van der Waals surface area contributed by atoms with Gasteiger partial charge in [0.2, 0.25) is 5.91 Å². The van der Waals surface area contributed by atoms with Gasteiger partial charge >= 0.3 is 6.09 Å². The van der Waals surface area contributed by atoms with Crippen LogP contribution in [0.3, 0.4) is 0 Å². The summed E-state index contributed by atoms with van der Waals surface area (Å²) in [6.45, 7) is 4.78. The number of para-hydroxylation sites is 1. The fourth-order valence-electron chi connectivity index (χ4n) is 3.98. The van der Waals surface area contributed by atoms with Crippen LogP contribution in [0.2, 0.25) is 0 Å². The van der Waals surface area contributed by atoms with E-state index in [0.29, 0.717) is 59.8 Å². The Kier molecular flexibility index (Phi) is 7.70. The normalized spacial score (nSPS) is 14.2. The molecule has 3 aromatic rings. The lowest BCUT2D eigenvalue weighted by molar-refractivity contribution is -0.119. The summed E-state index contributed by atoms with van der Waals surface area (Å²) in [4.78, 5) is 44.1. The zero-order chi connectivity index (χ0) is 24.9. The van der Waals surface area contributed by atoms with Crippen molar-refractivity contribution in [3.8, 4) is 5.69 Å². The van der Waals surface area contributed by atoms with E-state index < -0.39 is 5.82 Å². The van der Waals surface area contributed by atoms with Gasteiger partial charge < -0.3 is 15.0 Å². The van der Waals surface area contributed by atoms with Gasteiger partial charge in [-0.2, -0.15) is 0 Å². The van der Waals surface area contributed by atoms with Gasteiger partial charge in [0.1, 0.15) is 5.82 Å². The molecule has 1 aliphatic heterocycles. The van der Waals surface area contributed by atoms with Gasteiger partial charge in [0.05, 0.1) is 29.0 Å². The molecule has 1 N–H and O–H groups in total. The predicted molar refractivity (Wildman–Crippen MR) is 133 cm³/mol. The molecule has 1 aliphatic rings. The van der Waals surface area contributed by atoms with E-state index >= 15 is 0 Å². The molecule has 0 aliphatic carbocycles. The maximum Gasteiger partial charge on any atom is 0.409 e. The molecular formula is C25H27FN4O4S. The Morgan fingerprint density at radius 3 is 2.66 bits per heavy atom. The van der Waals surface area contributed by atoms with Gasteiger partial charge in [-0.25, -0.2) is 14.2 Å².